The summed E-state index contributed by atoms with van der Waals surface area (Å²) >= 11 is 0. The van der Waals surface area contributed by atoms with E-state index in [1.54, 1.807) is 0 Å². The third kappa shape index (κ3) is 28.9. The first-order valence-corrected chi connectivity index (χ1v) is 28.3. The molecule has 1 aliphatic rings. The lowest BCUT2D eigenvalue weighted by atomic mass is 9.99. The molecule has 4 unspecified atom stereocenters. The van der Waals surface area contributed by atoms with E-state index in [1.165, 1.54) is 109 Å². The number of carbonyl (C=O) groups is 2. The second-order valence-electron chi connectivity index (χ2n) is 18.8. The van der Waals surface area contributed by atoms with E-state index in [0.29, 0.717) is 12.8 Å². The molecule has 0 amide bonds. The number of aliphatic hydroxyl groups excluding tert-OH is 2. The molecule has 0 spiro atoms. The molecule has 2 heterocycles. The molecular formula is C47H87N3O15P2. The van der Waals surface area contributed by atoms with Gasteiger partial charge in [-0.15, -0.1) is 0 Å². The molecule has 0 radical (unpaired) electrons. The highest BCUT2D eigenvalue weighted by Crippen LogP contribution is 2.60. The molecule has 2 rings (SSSR count). The molecule has 67 heavy (non-hydrogen) atoms. The van der Waals surface area contributed by atoms with Gasteiger partial charge in [0.2, 0.25) is 0 Å². The van der Waals surface area contributed by atoms with Crippen molar-refractivity contribution < 1.29 is 66.3 Å². The number of esters is 2. The zero-order chi connectivity index (χ0) is 49.5. The average Bonchev–Trinajstić information content (AvgIpc) is 3.55. The van der Waals surface area contributed by atoms with Crippen LogP contribution in [0, 0.1) is 11.8 Å². The molecule has 1 aromatic rings. The lowest BCUT2D eigenvalue weighted by molar-refractivity contribution is -0.161. The number of anilines is 1. The van der Waals surface area contributed by atoms with E-state index in [1.807, 2.05) is 0 Å². The molecule has 0 bridgehead atoms. The Hall–Kier alpha value is -2.24. The molecule has 0 saturated carbocycles. The van der Waals surface area contributed by atoms with Crippen LogP contribution in [0.25, 0.3) is 0 Å². The fourth-order valence-electron chi connectivity index (χ4n) is 7.83. The lowest BCUT2D eigenvalue weighted by Crippen LogP contribution is -2.36. The number of rotatable bonds is 41. The molecule has 20 heteroatoms. The van der Waals surface area contributed by atoms with Gasteiger partial charge in [-0.25, -0.2) is 13.9 Å². The predicted molar refractivity (Wildman–Crippen MR) is 257 cm³/mol. The molecular weight excluding hydrogens is 908 g/mol. The Bertz CT molecular complexity index is 1650. The van der Waals surface area contributed by atoms with Crippen LogP contribution < -0.4 is 11.4 Å². The molecule has 390 valence electrons. The molecule has 1 saturated heterocycles. The maximum Gasteiger partial charge on any atom is 0.481 e. The minimum atomic E-state index is -5.42. The quantitative estimate of drug-likeness (QED) is 0.0232. The normalized spacial score (nSPS) is 20.1. The van der Waals surface area contributed by atoms with Gasteiger partial charge >= 0.3 is 33.3 Å². The predicted octanol–water partition coefficient (Wildman–Crippen LogP) is 9.99. The van der Waals surface area contributed by atoms with E-state index >= 15 is 0 Å². The first-order valence-electron chi connectivity index (χ1n) is 25.3. The molecule has 0 aliphatic carbocycles. The minimum absolute atomic E-state index is 0.0547. The minimum Gasteiger partial charge on any atom is -0.462 e. The van der Waals surface area contributed by atoms with Crippen LogP contribution in [0.4, 0.5) is 5.82 Å². The fraction of sp³-hybridized carbons (Fsp3) is 0.872. The largest absolute Gasteiger partial charge is 0.481 e. The Morgan fingerprint density at radius 2 is 1.19 bits per heavy atom. The number of aliphatic hydroxyl groups is 2. The molecule has 18 nitrogen and oxygen atoms in total. The van der Waals surface area contributed by atoms with Gasteiger partial charge in [-0.1, -0.05) is 175 Å². The number of nitrogens with zero attached hydrogens (tertiary/aromatic N) is 2. The third-order valence-electron chi connectivity index (χ3n) is 12.2. The van der Waals surface area contributed by atoms with Gasteiger partial charge in [0.05, 0.1) is 13.2 Å². The summed E-state index contributed by atoms with van der Waals surface area (Å²) < 4.78 is 56.8. The van der Waals surface area contributed by atoms with Gasteiger partial charge in [0.25, 0.3) is 0 Å². The lowest BCUT2D eigenvalue weighted by Gasteiger charge is -2.21. The zero-order valence-electron chi connectivity index (χ0n) is 41.1. The van der Waals surface area contributed by atoms with E-state index in [0.717, 1.165) is 67.8 Å². The van der Waals surface area contributed by atoms with Crippen molar-refractivity contribution in [3.63, 3.8) is 0 Å². The first kappa shape index (κ1) is 60.9. The van der Waals surface area contributed by atoms with E-state index < -0.39 is 83.7 Å². The monoisotopic (exact) mass is 996 g/mol. The Balaban J connectivity index is 1.78. The number of hydrogen-bond donors (Lipinski definition) is 5. The summed E-state index contributed by atoms with van der Waals surface area (Å²) in [5, 5.41) is 20.9. The summed E-state index contributed by atoms with van der Waals surface area (Å²) in [6.45, 7) is 6.78. The second-order valence-corrected chi connectivity index (χ2v) is 21.8. The van der Waals surface area contributed by atoms with Crippen LogP contribution in [0.3, 0.4) is 0 Å². The summed E-state index contributed by atoms with van der Waals surface area (Å²) in [6, 6.07) is 1.25. The van der Waals surface area contributed by atoms with Crippen LogP contribution >= 0.6 is 15.6 Å². The van der Waals surface area contributed by atoms with E-state index in [9.17, 15) is 43.5 Å². The summed E-state index contributed by atoms with van der Waals surface area (Å²) in [5.74, 6) is 0.280. The standard InChI is InChI=1S/C47H87N3O15P2/c1-5-38(4)29-25-21-17-14-15-19-23-27-31-43(52)63-39(34-60-42(51)30-26-22-18-13-11-9-7-6-8-10-12-16-20-24-28-37(2)3)35-61-66(56,57)65-67(58,59)62-36-40-44(53)45(54)46(64-40)50-33-32-41(48)49-47(50)55/h32-33,37-40,44-46,53-54H,5-31,34-36H2,1-4H3,(H,56,57)(H,58,59)(H2,48,49,55)/t38?,39-,40-,44+,45?,46-/m1/s1. The average molecular weight is 996 g/mol. The Morgan fingerprint density at radius 1 is 0.716 bits per heavy atom. The highest BCUT2D eigenvalue weighted by Gasteiger charge is 2.46. The number of phosphoric acid groups is 2. The highest BCUT2D eigenvalue weighted by molar-refractivity contribution is 7.61. The molecule has 1 aliphatic heterocycles. The van der Waals surface area contributed by atoms with Crippen LogP contribution in [0.1, 0.15) is 207 Å². The van der Waals surface area contributed by atoms with Crippen LogP contribution in [-0.4, -0.2) is 85.7 Å². The third-order valence-corrected chi connectivity index (χ3v) is 14.8. The molecule has 1 fully saturated rings. The Morgan fingerprint density at radius 3 is 1.70 bits per heavy atom. The summed E-state index contributed by atoms with van der Waals surface area (Å²) in [7, 11) is -10.8. The number of nitrogens with two attached hydrogens (primary N) is 1. The SMILES string of the molecule is CCC(C)CCCCCCCCCCC(=O)O[C@H](COC(=O)CCCCCCCCCCCCCCCCC(C)C)COP(=O)(O)OP(=O)(O)OC[C@H]1O[C@@H](n2ccc(N)nc2=O)C(O)[C@H]1O. The van der Waals surface area contributed by atoms with E-state index in [-0.39, 0.29) is 18.7 Å². The van der Waals surface area contributed by atoms with Crippen molar-refractivity contribution >= 4 is 33.4 Å². The fourth-order valence-corrected chi connectivity index (χ4v) is 9.94. The Kier molecular flexibility index (Phi) is 31.8. The number of aromatic nitrogens is 2. The second kappa shape index (κ2) is 35.0. The van der Waals surface area contributed by atoms with Gasteiger partial charge in [-0.3, -0.25) is 23.2 Å². The number of hydrogen-bond acceptors (Lipinski definition) is 15. The van der Waals surface area contributed by atoms with Crippen LogP contribution in [0.5, 0.6) is 0 Å². The maximum atomic E-state index is 12.8. The molecule has 6 N–H and O–H groups in total. The van der Waals surface area contributed by atoms with Crippen molar-refractivity contribution in [2.24, 2.45) is 11.8 Å². The van der Waals surface area contributed by atoms with Gasteiger partial charge in [0, 0.05) is 19.0 Å². The number of phosphoric ester groups is 2. The summed E-state index contributed by atoms with van der Waals surface area (Å²) in [6.07, 6.45) is 22.0. The van der Waals surface area contributed by atoms with Gasteiger partial charge in [0.1, 0.15) is 30.7 Å². The number of carbonyl (C=O) groups excluding carboxylic acids is 2. The van der Waals surface area contributed by atoms with Gasteiger partial charge in [-0.2, -0.15) is 9.29 Å². The topological polar surface area (TPSA) is 265 Å². The molecule has 0 aromatic carbocycles. The summed E-state index contributed by atoms with van der Waals surface area (Å²) in [5.41, 5.74) is 4.59. The van der Waals surface area contributed by atoms with Gasteiger partial charge < -0.3 is 39.9 Å². The summed E-state index contributed by atoms with van der Waals surface area (Å²) in [4.78, 5) is 61.8. The number of nitrogen functional groups attached to an aromatic ring is 1. The van der Waals surface area contributed by atoms with Crippen molar-refractivity contribution in [1.29, 1.82) is 0 Å². The van der Waals surface area contributed by atoms with Crippen molar-refractivity contribution in [1.82, 2.24) is 9.55 Å². The van der Waals surface area contributed by atoms with Crippen molar-refractivity contribution in [2.45, 2.75) is 232 Å². The molecule has 8 atom stereocenters. The number of ether oxygens (including phenoxy) is 3. The van der Waals surface area contributed by atoms with Crippen molar-refractivity contribution in [3.8, 4) is 0 Å². The highest BCUT2D eigenvalue weighted by atomic mass is 31.3. The van der Waals surface area contributed by atoms with Crippen LogP contribution in [0.2, 0.25) is 0 Å². The number of unbranched alkanes of at least 4 members (excludes halogenated alkanes) is 20. The van der Waals surface area contributed by atoms with Crippen LogP contribution in [-0.2, 0) is 46.3 Å². The van der Waals surface area contributed by atoms with Gasteiger partial charge in [0.15, 0.2) is 12.3 Å². The van der Waals surface area contributed by atoms with Crippen LogP contribution in [0.15, 0.2) is 17.1 Å². The van der Waals surface area contributed by atoms with Gasteiger partial charge in [-0.05, 0) is 30.7 Å². The van der Waals surface area contributed by atoms with Crippen molar-refractivity contribution in [2.75, 3.05) is 25.6 Å². The smallest absolute Gasteiger partial charge is 0.462 e. The zero-order valence-corrected chi connectivity index (χ0v) is 42.8. The van der Waals surface area contributed by atoms with E-state index in [4.69, 9.17) is 29.0 Å². The van der Waals surface area contributed by atoms with Crippen molar-refractivity contribution in [3.05, 3.63) is 22.7 Å². The molecule has 1 aromatic heterocycles. The maximum absolute atomic E-state index is 12.8. The first-order chi connectivity index (χ1) is 31.9. The van der Waals surface area contributed by atoms with E-state index in [2.05, 4.69) is 37.0 Å². The Labute approximate surface area is 400 Å².